The van der Waals surface area contributed by atoms with Crippen LogP contribution in [0.15, 0.2) is 35.6 Å². The highest BCUT2D eigenvalue weighted by Gasteiger charge is 2.19. The molecule has 10 heteroatoms. The van der Waals surface area contributed by atoms with Crippen molar-refractivity contribution < 1.29 is 9.53 Å². The molecule has 28 heavy (non-hydrogen) atoms. The van der Waals surface area contributed by atoms with Crippen LogP contribution in [-0.4, -0.2) is 42.8 Å². The zero-order chi connectivity index (χ0) is 20.1. The molecule has 3 rings (SSSR count). The van der Waals surface area contributed by atoms with Gasteiger partial charge in [0, 0.05) is 30.5 Å². The van der Waals surface area contributed by atoms with E-state index in [0.717, 1.165) is 12.1 Å². The molecule has 0 saturated carbocycles. The van der Waals surface area contributed by atoms with Gasteiger partial charge in [-0.05, 0) is 32.0 Å². The van der Waals surface area contributed by atoms with Gasteiger partial charge in [0.2, 0.25) is 11.8 Å². The van der Waals surface area contributed by atoms with E-state index in [1.807, 2.05) is 31.7 Å². The molecular weight excluding hydrogens is 400 g/mol. The Bertz CT molecular complexity index is 971. The van der Waals surface area contributed by atoms with E-state index in [4.69, 9.17) is 16.3 Å². The molecule has 0 bridgehead atoms. The fourth-order valence-corrected chi connectivity index (χ4v) is 3.43. The second kappa shape index (κ2) is 9.11. The number of hydrogen-bond acceptors (Lipinski definition) is 6. The first-order valence-electron chi connectivity index (χ1n) is 8.80. The monoisotopic (exact) mass is 420 g/mol. The van der Waals surface area contributed by atoms with E-state index in [0.29, 0.717) is 34.2 Å². The molecule has 0 aliphatic carbocycles. The quantitative estimate of drug-likeness (QED) is 0.561. The summed E-state index contributed by atoms with van der Waals surface area (Å²) in [4.78, 5) is 12.2. The molecule has 2 heterocycles. The summed E-state index contributed by atoms with van der Waals surface area (Å²) in [7, 11) is 1.85. The number of nitrogens with one attached hydrogen (secondary N) is 1. The van der Waals surface area contributed by atoms with Crippen LogP contribution in [0, 0.1) is 0 Å². The Hall–Kier alpha value is -2.52. The first-order chi connectivity index (χ1) is 13.5. The zero-order valence-corrected chi connectivity index (χ0v) is 17.4. The minimum atomic E-state index is -0.148. The summed E-state index contributed by atoms with van der Waals surface area (Å²) in [5, 5.41) is 16.9. The largest absolute Gasteiger partial charge is 0.476 e. The van der Waals surface area contributed by atoms with Gasteiger partial charge in [0.25, 0.3) is 0 Å². The van der Waals surface area contributed by atoms with E-state index in [-0.39, 0.29) is 11.7 Å². The van der Waals surface area contributed by atoms with Crippen molar-refractivity contribution in [3.8, 4) is 17.3 Å². The van der Waals surface area contributed by atoms with Crippen molar-refractivity contribution in [3.05, 3.63) is 35.5 Å². The van der Waals surface area contributed by atoms with Gasteiger partial charge in [-0.25, -0.2) is 0 Å². The van der Waals surface area contributed by atoms with Gasteiger partial charge >= 0.3 is 0 Å². The van der Waals surface area contributed by atoms with E-state index in [2.05, 4.69) is 20.6 Å². The predicted molar refractivity (Wildman–Crippen MR) is 110 cm³/mol. The van der Waals surface area contributed by atoms with Crippen LogP contribution in [-0.2, 0) is 18.4 Å². The lowest BCUT2D eigenvalue weighted by Crippen LogP contribution is -2.14. The van der Waals surface area contributed by atoms with Crippen LogP contribution < -0.4 is 10.1 Å². The van der Waals surface area contributed by atoms with E-state index >= 15 is 0 Å². The summed E-state index contributed by atoms with van der Waals surface area (Å²) in [6.07, 6.45) is 1.88. The number of benzene rings is 1. The van der Waals surface area contributed by atoms with E-state index in [9.17, 15) is 4.79 Å². The maximum Gasteiger partial charge on any atom is 0.243 e. The molecule has 1 amide bonds. The molecule has 0 spiro atoms. The lowest BCUT2D eigenvalue weighted by molar-refractivity contribution is -0.113. The van der Waals surface area contributed by atoms with Crippen molar-refractivity contribution >= 4 is 35.0 Å². The number of carbonyl (C=O) groups excluding carboxylic acids is 1. The highest BCUT2D eigenvalue weighted by Crippen LogP contribution is 2.29. The lowest BCUT2D eigenvalue weighted by Gasteiger charge is -2.06. The highest BCUT2D eigenvalue weighted by molar-refractivity contribution is 7.99. The normalized spacial score (nSPS) is 10.9. The third-order valence-corrected chi connectivity index (χ3v) is 5.10. The first-order valence-corrected chi connectivity index (χ1v) is 10.2. The third-order valence-electron chi connectivity index (χ3n) is 3.85. The Morgan fingerprint density at radius 3 is 2.86 bits per heavy atom. The minimum Gasteiger partial charge on any atom is -0.476 e. The molecule has 0 fully saturated rings. The van der Waals surface area contributed by atoms with Crippen molar-refractivity contribution in [1.29, 1.82) is 0 Å². The third kappa shape index (κ3) is 4.66. The van der Waals surface area contributed by atoms with E-state index in [1.165, 1.54) is 11.8 Å². The maximum absolute atomic E-state index is 12.2. The molecular formula is C18H21ClN6O2S. The fraction of sp³-hybridized carbons (Fsp3) is 0.333. The summed E-state index contributed by atoms with van der Waals surface area (Å²) < 4.78 is 9.24. The second-order valence-electron chi connectivity index (χ2n) is 5.85. The number of carbonyl (C=O) groups is 1. The minimum absolute atomic E-state index is 0.148. The Morgan fingerprint density at radius 1 is 1.32 bits per heavy atom. The first kappa shape index (κ1) is 20.2. The number of amides is 1. The Balaban J connectivity index is 1.70. The molecule has 0 aliphatic rings. The number of hydrogen-bond donors (Lipinski definition) is 1. The summed E-state index contributed by atoms with van der Waals surface area (Å²) in [5.74, 6) is 1.21. The van der Waals surface area contributed by atoms with Gasteiger partial charge in [-0.1, -0.05) is 29.4 Å². The summed E-state index contributed by atoms with van der Waals surface area (Å²) in [5.41, 5.74) is 1.43. The molecule has 148 valence electrons. The molecule has 0 unspecified atom stereocenters. The number of halogens is 1. The van der Waals surface area contributed by atoms with Crippen LogP contribution in [0.4, 0.5) is 5.69 Å². The van der Waals surface area contributed by atoms with E-state index < -0.39 is 0 Å². The van der Waals surface area contributed by atoms with Crippen LogP contribution in [0.2, 0.25) is 5.02 Å². The summed E-state index contributed by atoms with van der Waals surface area (Å²) in [6.45, 7) is 5.15. The smallest absolute Gasteiger partial charge is 0.243 e. The summed E-state index contributed by atoms with van der Waals surface area (Å²) >= 11 is 7.24. The molecule has 0 atom stereocenters. The number of rotatable bonds is 8. The lowest BCUT2D eigenvalue weighted by atomic mass is 10.3. The van der Waals surface area contributed by atoms with Gasteiger partial charge in [0.1, 0.15) is 5.56 Å². The Morgan fingerprint density at radius 2 is 2.14 bits per heavy atom. The Kier molecular flexibility index (Phi) is 6.58. The number of aryl methyl sites for hydroxylation is 1. The summed E-state index contributed by atoms with van der Waals surface area (Å²) in [6, 6.07) is 7.03. The van der Waals surface area contributed by atoms with Crippen molar-refractivity contribution in [1.82, 2.24) is 24.5 Å². The molecule has 3 aromatic rings. The van der Waals surface area contributed by atoms with Gasteiger partial charge in [-0.2, -0.15) is 0 Å². The van der Waals surface area contributed by atoms with Gasteiger partial charge in [-0.3, -0.25) is 9.48 Å². The average molecular weight is 421 g/mol. The second-order valence-corrected chi connectivity index (χ2v) is 7.23. The SMILES string of the molecule is CCOc1nn(CC)cc1-c1nnc(SCC(=O)Nc2cccc(Cl)c2)n1C. The molecule has 0 saturated heterocycles. The number of nitrogens with zero attached hydrogens (tertiary/aromatic N) is 5. The van der Waals surface area contributed by atoms with Gasteiger partial charge < -0.3 is 14.6 Å². The molecule has 1 N–H and O–H groups in total. The molecule has 2 aromatic heterocycles. The van der Waals surface area contributed by atoms with Crippen molar-refractivity contribution in [2.24, 2.45) is 7.05 Å². The van der Waals surface area contributed by atoms with Crippen LogP contribution >= 0.6 is 23.4 Å². The average Bonchev–Trinajstić information content (AvgIpc) is 3.23. The van der Waals surface area contributed by atoms with Crippen LogP contribution in [0.25, 0.3) is 11.4 Å². The maximum atomic E-state index is 12.2. The number of anilines is 1. The fourth-order valence-electron chi connectivity index (χ4n) is 2.53. The van der Waals surface area contributed by atoms with Crippen LogP contribution in [0.1, 0.15) is 13.8 Å². The Labute approximate surface area is 172 Å². The van der Waals surface area contributed by atoms with Crippen molar-refractivity contribution in [3.63, 3.8) is 0 Å². The predicted octanol–water partition coefficient (Wildman–Crippen LogP) is 3.48. The van der Waals surface area contributed by atoms with Gasteiger partial charge in [0.05, 0.1) is 12.4 Å². The number of ether oxygens (including phenoxy) is 1. The van der Waals surface area contributed by atoms with Crippen molar-refractivity contribution in [2.75, 3.05) is 17.7 Å². The topological polar surface area (TPSA) is 86.9 Å². The molecule has 1 aromatic carbocycles. The van der Waals surface area contributed by atoms with Crippen molar-refractivity contribution in [2.45, 2.75) is 25.5 Å². The number of thioether (sulfide) groups is 1. The standard InChI is InChI=1S/C18H21ClN6O2S/c1-4-25-10-14(17(23-25)27-5-2)16-21-22-18(24(16)3)28-11-15(26)20-13-8-6-7-12(19)9-13/h6-10H,4-5,11H2,1-3H3,(H,20,26). The molecule has 8 nitrogen and oxygen atoms in total. The van der Waals surface area contributed by atoms with E-state index in [1.54, 1.807) is 28.9 Å². The van der Waals surface area contributed by atoms with Gasteiger partial charge in [0.15, 0.2) is 11.0 Å². The highest BCUT2D eigenvalue weighted by atomic mass is 35.5. The molecule has 0 radical (unpaired) electrons. The zero-order valence-electron chi connectivity index (χ0n) is 15.8. The number of aromatic nitrogens is 5. The van der Waals surface area contributed by atoms with Crippen LogP contribution in [0.5, 0.6) is 5.88 Å². The van der Waals surface area contributed by atoms with Gasteiger partial charge in [-0.15, -0.1) is 15.3 Å². The van der Waals surface area contributed by atoms with Crippen LogP contribution in [0.3, 0.4) is 0 Å². The molecule has 0 aliphatic heterocycles.